The minimum Gasteiger partial charge on any atom is -0.306 e. The van der Waals surface area contributed by atoms with E-state index in [0.29, 0.717) is 6.54 Å². The number of nitro benzene ring substituents is 1. The molecule has 0 fully saturated rings. The van der Waals surface area contributed by atoms with E-state index in [4.69, 9.17) is 0 Å². The molecule has 2 aromatic carbocycles. The quantitative estimate of drug-likeness (QED) is 0.646. The van der Waals surface area contributed by atoms with Crippen LogP contribution in [0.2, 0.25) is 0 Å². The zero-order valence-corrected chi connectivity index (χ0v) is 11.8. The first kappa shape index (κ1) is 15.1. The zero-order chi connectivity index (χ0) is 15.2. The van der Waals surface area contributed by atoms with Gasteiger partial charge in [0.1, 0.15) is 5.82 Å². The molecule has 0 saturated heterocycles. The molecule has 4 nitrogen and oxygen atoms in total. The van der Waals surface area contributed by atoms with Crippen LogP contribution in [0.25, 0.3) is 0 Å². The van der Waals surface area contributed by atoms with Gasteiger partial charge in [-0.05, 0) is 29.7 Å². The number of nitrogens with zero attached hydrogens (tertiary/aromatic N) is 1. The van der Waals surface area contributed by atoms with E-state index in [-0.39, 0.29) is 17.5 Å². The highest BCUT2D eigenvalue weighted by atomic mass is 19.1. The highest BCUT2D eigenvalue weighted by molar-refractivity contribution is 5.34. The van der Waals surface area contributed by atoms with Crippen LogP contribution in [-0.2, 0) is 6.54 Å². The van der Waals surface area contributed by atoms with Crippen molar-refractivity contribution in [1.29, 1.82) is 0 Å². The molecule has 21 heavy (non-hydrogen) atoms. The van der Waals surface area contributed by atoms with E-state index >= 15 is 0 Å². The first-order valence-electron chi connectivity index (χ1n) is 6.82. The molecule has 0 aromatic heterocycles. The second kappa shape index (κ2) is 6.95. The highest BCUT2D eigenvalue weighted by Crippen LogP contribution is 2.19. The van der Waals surface area contributed by atoms with Crippen LogP contribution >= 0.6 is 0 Å². The fourth-order valence-corrected chi connectivity index (χ4v) is 2.24. The van der Waals surface area contributed by atoms with E-state index < -0.39 is 4.92 Å². The molecule has 110 valence electrons. The van der Waals surface area contributed by atoms with Gasteiger partial charge in [-0.3, -0.25) is 10.1 Å². The summed E-state index contributed by atoms with van der Waals surface area (Å²) in [6, 6.07) is 13.0. The summed E-state index contributed by atoms with van der Waals surface area (Å²) in [4.78, 5) is 10.3. The molecule has 5 heteroatoms. The standard InChI is InChI=1S/C16H17FN2O2/c1-2-16(13-6-4-7-14(17)10-13)18-11-12-5-3-8-15(9-12)19(20)21/h3-10,16,18H,2,11H2,1H3. The summed E-state index contributed by atoms with van der Waals surface area (Å²) < 4.78 is 13.3. The molecule has 0 heterocycles. The maximum absolute atomic E-state index is 13.3. The van der Waals surface area contributed by atoms with Crippen molar-refractivity contribution < 1.29 is 9.31 Å². The monoisotopic (exact) mass is 288 g/mol. The Bertz CT molecular complexity index is 631. The van der Waals surface area contributed by atoms with E-state index in [1.165, 1.54) is 18.2 Å². The van der Waals surface area contributed by atoms with Crippen molar-refractivity contribution in [2.45, 2.75) is 25.9 Å². The number of rotatable bonds is 6. The molecule has 0 aliphatic carbocycles. The molecule has 0 bridgehead atoms. The second-order valence-electron chi connectivity index (χ2n) is 4.82. The van der Waals surface area contributed by atoms with Crippen LogP contribution in [-0.4, -0.2) is 4.92 Å². The molecular formula is C16H17FN2O2. The number of nitro groups is 1. The van der Waals surface area contributed by atoms with E-state index in [9.17, 15) is 14.5 Å². The largest absolute Gasteiger partial charge is 0.306 e. The van der Waals surface area contributed by atoms with Gasteiger partial charge in [-0.25, -0.2) is 4.39 Å². The number of hydrogen-bond donors (Lipinski definition) is 1. The fraction of sp³-hybridized carbons (Fsp3) is 0.250. The molecular weight excluding hydrogens is 271 g/mol. The lowest BCUT2D eigenvalue weighted by atomic mass is 10.0. The van der Waals surface area contributed by atoms with E-state index in [1.54, 1.807) is 18.2 Å². The van der Waals surface area contributed by atoms with Gasteiger partial charge >= 0.3 is 0 Å². The Kier molecular flexibility index (Phi) is 5.00. The van der Waals surface area contributed by atoms with Gasteiger partial charge < -0.3 is 5.32 Å². The SMILES string of the molecule is CCC(NCc1cccc([N+](=O)[O-])c1)c1cccc(F)c1. The molecule has 0 radical (unpaired) electrons. The Labute approximate surface area is 122 Å². The number of hydrogen-bond acceptors (Lipinski definition) is 3. The van der Waals surface area contributed by atoms with Crippen molar-refractivity contribution in [3.8, 4) is 0 Å². The molecule has 0 aliphatic rings. The summed E-state index contributed by atoms with van der Waals surface area (Å²) in [6.07, 6.45) is 0.804. The second-order valence-corrected chi connectivity index (χ2v) is 4.82. The third kappa shape index (κ3) is 4.10. The van der Waals surface area contributed by atoms with Crippen molar-refractivity contribution in [1.82, 2.24) is 5.32 Å². The van der Waals surface area contributed by atoms with Crippen LogP contribution in [0.1, 0.15) is 30.5 Å². The Hall–Kier alpha value is -2.27. The van der Waals surface area contributed by atoms with Crippen LogP contribution < -0.4 is 5.32 Å². The molecule has 2 aromatic rings. The maximum atomic E-state index is 13.3. The van der Waals surface area contributed by atoms with Crippen molar-refractivity contribution in [2.75, 3.05) is 0 Å². The molecule has 0 aliphatic heterocycles. The summed E-state index contributed by atoms with van der Waals surface area (Å²) >= 11 is 0. The number of nitrogens with one attached hydrogen (secondary N) is 1. The number of non-ortho nitro benzene ring substituents is 1. The summed E-state index contributed by atoms with van der Waals surface area (Å²) in [7, 11) is 0. The van der Waals surface area contributed by atoms with E-state index in [0.717, 1.165) is 17.5 Å². The predicted octanol–water partition coefficient (Wildman–Crippen LogP) is 3.97. The number of halogens is 1. The predicted molar refractivity (Wildman–Crippen MR) is 79.4 cm³/mol. The van der Waals surface area contributed by atoms with Crippen LogP contribution in [0.3, 0.4) is 0 Å². The van der Waals surface area contributed by atoms with Gasteiger partial charge in [0.05, 0.1) is 4.92 Å². The van der Waals surface area contributed by atoms with Gasteiger partial charge in [0.2, 0.25) is 0 Å². The molecule has 0 saturated carbocycles. The van der Waals surface area contributed by atoms with Gasteiger partial charge in [0, 0.05) is 24.7 Å². The Morgan fingerprint density at radius 2 is 2.00 bits per heavy atom. The third-order valence-corrected chi connectivity index (χ3v) is 3.33. The minimum absolute atomic E-state index is 0.0139. The lowest BCUT2D eigenvalue weighted by molar-refractivity contribution is -0.384. The molecule has 2 rings (SSSR count). The molecule has 0 spiro atoms. The van der Waals surface area contributed by atoms with Crippen molar-refractivity contribution >= 4 is 5.69 Å². The van der Waals surface area contributed by atoms with Crippen LogP contribution in [0.5, 0.6) is 0 Å². The summed E-state index contributed by atoms with van der Waals surface area (Å²) in [6.45, 7) is 2.51. The highest BCUT2D eigenvalue weighted by Gasteiger charge is 2.11. The first-order chi connectivity index (χ1) is 10.1. The van der Waals surface area contributed by atoms with E-state index in [1.807, 2.05) is 19.1 Å². The van der Waals surface area contributed by atoms with Gasteiger partial charge in [-0.2, -0.15) is 0 Å². The van der Waals surface area contributed by atoms with Crippen LogP contribution in [0.4, 0.5) is 10.1 Å². The lowest BCUT2D eigenvalue weighted by Crippen LogP contribution is -2.20. The topological polar surface area (TPSA) is 55.2 Å². The molecule has 1 N–H and O–H groups in total. The van der Waals surface area contributed by atoms with Gasteiger partial charge in [-0.15, -0.1) is 0 Å². The lowest BCUT2D eigenvalue weighted by Gasteiger charge is -2.17. The smallest absolute Gasteiger partial charge is 0.269 e. The Balaban J connectivity index is 2.06. The van der Waals surface area contributed by atoms with Crippen molar-refractivity contribution in [3.63, 3.8) is 0 Å². The normalized spacial score (nSPS) is 12.1. The Morgan fingerprint density at radius 3 is 2.67 bits per heavy atom. The van der Waals surface area contributed by atoms with Gasteiger partial charge in [0.15, 0.2) is 0 Å². The molecule has 1 unspecified atom stereocenters. The van der Waals surface area contributed by atoms with Crippen molar-refractivity contribution in [2.24, 2.45) is 0 Å². The van der Waals surface area contributed by atoms with E-state index in [2.05, 4.69) is 5.32 Å². The van der Waals surface area contributed by atoms with Crippen LogP contribution in [0, 0.1) is 15.9 Å². The minimum atomic E-state index is -0.409. The molecule has 1 atom stereocenters. The van der Waals surface area contributed by atoms with Crippen molar-refractivity contribution in [3.05, 3.63) is 75.6 Å². The van der Waals surface area contributed by atoms with Gasteiger partial charge in [-0.1, -0.05) is 31.2 Å². The summed E-state index contributed by atoms with van der Waals surface area (Å²) in [5.41, 5.74) is 1.79. The fourth-order valence-electron chi connectivity index (χ4n) is 2.24. The summed E-state index contributed by atoms with van der Waals surface area (Å²) in [5, 5.41) is 14.1. The van der Waals surface area contributed by atoms with Crippen LogP contribution in [0.15, 0.2) is 48.5 Å². The zero-order valence-electron chi connectivity index (χ0n) is 11.8. The average molecular weight is 288 g/mol. The van der Waals surface area contributed by atoms with Gasteiger partial charge in [0.25, 0.3) is 5.69 Å². The third-order valence-electron chi connectivity index (χ3n) is 3.33. The summed E-state index contributed by atoms with van der Waals surface area (Å²) in [5.74, 6) is -0.261. The Morgan fingerprint density at radius 1 is 1.24 bits per heavy atom. The molecule has 0 amide bonds. The maximum Gasteiger partial charge on any atom is 0.269 e. The number of benzene rings is 2. The average Bonchev–Trinajstić information content (AvgIpc) is 2.48. The first-order valence-corrected chi connectivity index (χ1v) is 6.82.